The quantitative estimate of drug-likeness (QED) is 0.781. The molecule has 0 aromatic carbocycles. The number of pyridine rings is 2. The summed E-state index contributed by atoms with van der Waals surface area (Å²) in [6.45, 7) is 0.629. The topological polar surface area (TPSA) is 66.5 Å². The number of aromatic amines is 1. The van der Waals surface area contributed by atoms with E-state index < -0.39 is 0 Å². The van der Waals surface area contributed by atoms with Gasteiger partial charge in [0, 0.05) is 29.3 Å². The zero-order chi connectivity index (χ0) is 12.4. The number of halogens is 1. The average Bonchev–Trinajstić information content (AvgIpc) is 2.89. The number of nitrogens with one attached hydrogen (secondary N) is 2. The van der Waals surface area contributed by atoms with E-state index in [1.807, 2.05) is 12.1 Å². The number of imidazole rings is 1. The molecular formula is C12H10BrN5. The van der Waals surface area contributed by atoms with Crippen LogP contribution in [0.4, 0.5) is 5.69 Å². The molecule has 5 nitrogen and oxygen atoms in total. The first-order valence-corrected chi connectivity index (χ1v) is 6.24. The molecule has 3 aromatic heterocycles. The third kappa shape index (κ3) is 2.19. The van der Waals surface area contributed by atoms with E-state index in [0.29, 0.717) is 6.54 Å². The van der Waals surface area contributed by atoms with E-state index in [2.05, 4.69) is 41.2 Å². The molecule has 0 radical (unpaired) electrons. The van der Waals surface area contributed by atoms with Gasteiger partial charge >= 0.3 is 0 Å². The van der Waals surface area contributed by atoms with E-state index in [4.69, 9.17) is 0 Å². The Balaban J connectivity index is 1.92. The molecule has 0 aliphatic carbocycles. The average molecular weight is 304 g/mol. The van der Waals surface area contributed by atoms with Crippen molar-refractivity contribution in [2.24, 2.45) is 0 Å². The summed E-state index contributed by atoms with van der Waals surface area (Å²) in [4.78, 5) is 15.9. The molecule has 0 spiro atoms. The molecule has 0 bridgehead atoms. The van der Waals surface area contributed by atoms with E-state index in [1.54, 1.807) is 24.8 Å². The van der Waals surface area contributed by atoms with Gasteiger partial charge in [-0.3, -0.25) is 9.97 Å². The first-order chi connectivity index (χ1) is 8.83. The normalized spacial score (nSPS) is 10.7. The lowest BCUT2D eigenvalue weighted by Gasteiger charge is -2.07. The van der Waals surface area contributed by atoms with E-state index in [0.717, 1.165) is 27.0 Å². The number of H-pyrrole nitrogens is 1. The Morgan fingerprint density at radius 1 is 1.22 bits per heavy atom. The van der Waals surface area contributed by atoms with Gasteiger partial charge in [-0.25, -0.2) is 4.98 Å². The van der Waals surface area contributed by atoms with E-state index in [-0.39, 0.29) is 0 Å². The predicted octanol–water partition coefficient (Wildman–Crippen LogP) is 2.73. The summed E-state index contributed by atoms with van der Waals surface area (Å²) >= 11 is 3.39. The van der Waals surface area contributed by atoms with Crippen LogP contribution in [-0.2, 0) is 6.54 Å². The maximum absolute atomic E-state index is 4.38. The molecule has 3 aromatic rings. The van der Waals surface area contributed by atoms with Crippen LogP contribution >= 0.6 is 15.9 Å². The van der Waals surface area contributed by atoms with E-state index in [1.165, 1.54) is 0 Å². The van der Waals surface area contributed by atoms with E-state index >= 15 is 0 Å². The van der Waals surface area contributed by atoms with Crippen molar-refractivity contribution in [3.05, 3.63) is 47.2 Å². The molecule has 18 heavy (non-hydrogen) atoms. The third-order valence-electron chi connectivity index (χ3n) is 2.55. The van der Waals surface area contributed by atoms with Crippen molar-refractivity contribution in [2.45, 2.75) is 6.54 Å². The standard InChI is InChI=1S/C12H10BrN5/c13-8-5-10-12(18-6-8)9(1-2-14-10)17-7-11-15-3-4-16-11/h1-6H,7H2,(H,14,17)(H,15,16). The molecule has 0 amide bonds. The van der Waals surface area contributed by atoms with Crippen molar-refractivity contribution in [3.63, 3.8) is 0 Å². The Hall–Kier alpha value is -1.95. The van der Waals surface area contributed by atoms with Crippen LogP contribution in [0.2, 0.25) is 0 Å². The van der Waals surface area contributed by atoms with Crippen molar-refractivity contribution < 1.29 is 0 Å². The summed E-state index contributed by atoms with van der Waals surface area (Å²) in [7, 11) is 0. The van der Waals surface area contributed by atoms with Gasteiger partial charge in [-0.2, -0.15) is 0 Å². The third-order valence-corrected chi connectivity index (χ3v) is 2.98. The number of anilines is 1. The van der Waals surface area contributed by atoms with Gasteiger partial charge in [0.25, 0.3) is 0 Å². The van der Waals surface area contributed by atoms with Gasteiger partial charge in [0.15, 0.2) is 0 Å². The highest BCUT2D eigenvalue weighted by Crippen LogP contribution is 2.22. The Morgan fingerprint density at radius 3 is 3.00 bits per heavy atom. The zero-order valence-corrected chi connectivity index (χ0v) is 11.0. The summed E-state index contributed by atoms with van der Waals surface area (Å²) < 4.78 is 0.922. The number of hydrogen-bond acceptors (Lipinski definition) is 4. The second kappa shape index (κ2) is 4.73. The molecule has 0 fully saturated rings. The zero-order valence-electron chi connectivity index (χ0n) is 9.39. The number of nitrogens with zero attached hydrogens (tertiary/aromatic N) is 3. The molecular weight excluding hydrogens is 294 g/mol. The van der Waals surface area contributed by atoms with Gasteiger partial charge < -0.3 is 10.3 Å². The SMILES string of the molecule is Brc1cnc2c(NCc3ncc[nH]3)ccnc2c1. The van der Waals surface area contributed by atoms with Gasteiger partial charge in [-0.15, -0.1) is 0 Å². The summed E-state index contributed by atoms with van der Waals surface area (Å²) in [5.74, 6) is 0.886. The Kier molecular flexibility index (Phi) is 2.93. The number of fused-ring (bicyclic) bond motifs is 1. The highest BCUT2D eigenvalue weighted by Gasteiger charge is 2.04. The van der Waals surface area contributed by atoms with Crippen LogP contribution in [-0.4, -0.2) is 19.9 Å². The van der Waals surface area contributed by atoms with Gasteiger partial charge in [0.2, 0.25) is 0 Å². The summed E-state index contributed by atoms with van der Waals surface area (Å²) in [6, 6.07) is 3.85. The van der Waals surface area contributed by atoms with Crippen LogP contribution in [0.25, 0.3) is 11.0 Å². The molecule has 90 valence electrons. The molecule has 0 aliphatic rings. The van der Waals surface area contributed by atoms with Gasteiger partial charge in [0.1, 0.15) is 11.3 Å². The second-order valence-corrected chi connectivity index (χ2v) is 4.68. The minimum Gasteiger partial charge on any atom is -0.376 e. The fraction of sp³-hybridized carbons (Fsp3) is 0.0833. The van der Waals surface area contributed by atoms with Crippen LogP contribution in [0.5, 0.6) is 0 Å². The molecule has 0 unspecified atom stereocenters. The van der Waals surface area contributed by atoms with Crippen LogP contribution in [0.15, 0.2) is 41.4 Å². The summed E-state index contributed by atoms with van der Waals surface area (Å²) in [6.07, 6.45) is 7.07. The lowest BCUT2D eigenvalue weighted by molar-refractivity contribution is 1.00. The summed E-state index contributed by atoms with van der Waals surface area (Å²) in [5, 5.41) is 3.30. The van der Waals surface area contributed by atoms with Crippen molar-refractivity contribution in [1.29, 1.82) is 0 Å². The lowest BCUT2D eigenvalue weighted by Crippen LogP contribution is -2.02. The monoisotopic (exact) mass is 303 g/mol. The number of aromatic nitrogens is 4. The number of rotatable bonds is 3. The smallest absolute Gasteiger partial charge is 0.125 e. The van der Waals surface area contributed by atoms with Crippen molar-refractivity contribution in [2.75, 3.05) is 5.32 Å². The molecule has 3 rings (SSSR count). The van der Waals surface area contributed by atoms with E-state index in [9.17, 15) is 0 Å². The minimum atomic E-state index is 0.629. The van der Waals surface area contributed by atoms with Crippen LogP contribution in [0.1, 0.15) is 5.82 Å². The molecule has 0 aliphatic heterocycles. The molecule has 0 saturated heterocycles. The lowest BCUT2D eigenvalue weighted by atomic mass is 10.3. The fourth-order valence-electron chi connectivity index (χ4n) is 1.72. The van der Waals surface area contributed by atoms with Gasteiger partial charge in [-0.05, 0) is 28.1 Å². The Morgan fingerprint density at radius 2 is 2.17 bits per heavy atom. The Labute approximate surface area is 112 Å². The van der Waals surface area contributed by atoms with Crippen molar-refractivity contribution in [3.8, 4) is 0 Å². The second-order valence-electron chi connectivity index (χ2n) is 3.77. The van der Waals surface area contributed by atoms with Crippen molar-refractivity contribution >= 4 is 32.7 Å². The van der Waals surface area contributed by atoms with Crippen LogP contribution in [0.3, 0.4) is 0 Å². The first-order valence-electron chi connectivity index (χ1n) is 5.45. The van der Waals surface area contributed by atoms with Crippen molar-refractivity contribution in [1.82, 2.24) is 19.9 Å². The Bertz CT molecular complexity index is 665. The summed E-state index contributed by atoms with van der Waals surface area (Å²) in [5.41, 5.74) is 2.66. The van der Waals surface area contributed by atoms with Gasteiger partial charge in [0.05, 0.1) is 17.7 Å². The highest BCUT2D eigenvalue weighted by atomic mass is 79.9. The molecule has 3 heterocycles. The van der Waals surface area contributed by atoms with Crippen LogP contribution < -0.4 is 5.32 Å². The minimum absolute atomic E-state index is 0.629. The maximum Gasteiger partial charge on any atom is 0.125 e. The number of hydrogen-bond donors (Lipinski definition) is 2. The molecule has 6 heteroatoms. The maximum atomic E-state index is 4.38. The predicted molar refractivity (Wildman–Crippen MR) is 73.2 cm³/mol. The molecule has 0 atom stereocenters. The molecule has 0 saturated carbocycles. The fourth-order valence-corrected chi connectivity index (χ4v) is 2.04. The molecule has 2 N–H and O–H groups in total. The first kappa shape index (κ1) is 11.2. The van der Waals surface area contributed by atoms with Crippen LogP contribution in [0, 0.1) is 0 Å². The largest absolute Gasteiger partial charge is 0.376 e. The van der Waals surface area contributed by atoms with Gasteiger partial charge in [-0.1, -0.05) is 0 Å². The highest BCUT2D eigenvalue weighted by molar-refractivity contribution is 9.10.